The fraction of sp³-hybridized carbons (Fsp3) is 0. The fourth-order valence-electron chi connectivity index (χ4n) is 8.86. The van der Waals surface area contributed by atoms with Gasteiger partial charge in [-0.25, -0.2) is 9.97 Å². The summed E-state index contributed by atoms with van der Waals surface area (Å²) in [7, 11) is 0. The number of fused-ring (bicyclic) bond motifs is 7. The highest BCUT2D eigenvalue weighted by atomic mass is 32.1. The molecule has 56 heavy (non-hydrogen) atoms. The van der Waals surface area contributed by atoms with E-state index in [1.807, 2.05) is 29.5 Å². The summed E-state index contributed by atoms with van der Waals surface area (Å²) in [5.41, 5.74) is 10.8. The van der Waals surface area contributed by atoms with Crippen LogP contribution in [-0.2, 0) is 0 Å². The average Bonchev–Trinajstić information content (AvgIpc) is 3.84. The molecule has 4 heterocycles. The summed E-state index contributed by atoms with van der Waals surface area (Å²) in [6.45, 7) is 0. The SMILES string of the molecule is c1ccc(-c2cccc(-c3cc(-c4ccc5c(c4)c4cccc6c7ccccc7c7cccc8sc9cccc(c9c87)n5c64)nc(-c4ccccc4)n3)c2)cc1. The fourth-order valence-corrected chi connectivity index (χ4v) is 10.0. The quantitative estimate of drug-likeness (QED) is 0.181. The van der Waals surface area contributed by atoms with E-state index in [0.717, 1.165) is 33.6 Å². The first-order valence-corrected chi connectivity index (χ1v) is 19.8. The third-order valence-corrected chi connectivity index (χ3v) is 12.5. The number of aromatic nitrogens is 3. The van der Waals surface area contributed by atoms with Crippen LogP contribution in [0, 0.1) is 0 Å². The molecule has 260 valence electrons. The van der Waals surface area contributed by atoms with E-state index in [2.05, 4.69) is 174 Å². The van der Waals surface area contributed by atoms with Crippen molar-refractivity contribution >= 4 is 80.4 Å². The second kappa shape index (κ2) is 12.2. The lowest BCUT2D eigenvalue weighted by Crippen LogP contribution is -1.96. The smallest absolute Gasteiger partial charge is 0.160 e. The van der Waals surface area contributed by atoms with Gasteiger partial charge in [0.2, 0.25) is 0 Å². The van der Waals surface area contributed by atoms with Gasteiger partial charge in [-0.3, -0.25) is 0 Å². The number of rotatable bonds is 4. The van der Waals surface area contributed by atoms with E-state index in [1.165, 1.54) is 74.6 Å². The molecule has 0 N–H and O–H groups in total. The van der Waals surface area contributed by atoms with E-state index in [9.17, 15) is 0 Å². The van der Waals surface area contributed by atoms with Gasteiger partial charge < -0.3 is 4.40 Å². The lowest BCUT2D eigenvalue weighted by atomic mass is 9.99. The maximum absolute atomic E-state index is 5.25. The van der Waals surface area contributed by atoms with Gasteiger partial charge in [-0.2, -0.15) is 0 Å². The van der Waals surface area contributed by atoms with Crippen LogP contribution in [0.15, 0.2) is 188 Å². The first-order valence-electron chi connectivity index (χ1n) is 19.0. The Kier molecular flexibility index (Phi) is 6.80. The first-order chi connectivity index (χ1) is 27.8. The van der Waals surface area contributed by atoms with Crippen LogP contribution in [-0.4, -0.2) is 14.4 Å². The Bertz CT molecular complexity index is 3530. The largest absolute Gasteiger partial charge is 0.308 e. The minimum Gasteiger partial charge on any atom is -0.308 e. The topological polar surface area (TPSA) is 30.2 Å². The third-order valence-electron chi connectivity index (χ3n) is 11.4. The molecule has 0 amide bonds. The lowest BCUT2D eigenvalue weighted by Gasteiger charge is -2.11. The van der Waals surface area contributed by atoms with Crippen molar-refractivity contribution in [3.05, 3.63) is 188 Å². The minimum atomic E-state index is 0.707. The van der Waals surface area contributed by atoms with Crippen molar-refractivity contribution < 1.29 is 0 Å². The molecule has 0 atom stereocenters. The number of nitrogens with zero attached hydrogens (tertiary/aromatic N) is 3. The van der Waals surface area contributed by atoms with Gasteiger partial charge in [0.15, 0.2) is 5.82 Å². The van der Waals surface area contributed by atoms with E-state index in [-0.39, 0.29) is 0 Å². The standard InChI is InChI=1S/C52H31N3S/c1-3-13-32(14-4-1)34-17-9-18-35(29-34)43-31-44(54-52(53-43)33-15-5-2-6-16-33)36-27-28-45-42(30-36)41-23-10-22-40-38-20-8-7-19-37(38)39-21-11-25-47-49(39)50-46(55(45)51(40)41)24-12-26-48(50)56-47/h1-31H. The molecule has 0 unspecified atom stereocenters. The third kappa shape index (κ3) is 4.70. The normalized spacial score (nSPS) is 11.9. The van der Waals surface area contributed by atoms with Crippen LogP contribution in [0.4, 0.5) is 0 Å². The van der Waals surface area contributed by atoms with Gasteiger partial charge in [0.25, 0.3) is 0 Å². The van der Waals surface area contributed by atoms with Crippen molar-refractivity contribution in [2.45, 2.75) is 0 Å². The zero-order chi connectivity index (χ0) is 36.7. The van der Waals surface area contributed by atoms with Gasteiger partial charge in [0.1, 0.15) is 0 Å². The second-order valence-corrected chi connectivity index (χ2v) is 15.6. The maximum atomic E-state index is 5.25. The summed E-state index contributed by atoms with van der Waals surface area (Å²) < 4.78 is 5.13. The summed E-state index contributed by atoms with van der Waals surface area (Å²) >= 11 is 1.88. The van der Waals surface area contributed by atoms with Crippen LogP contribution in [0.3, 0.4) is 0 Å². The molecule has 0 spiro atoms. The summed E-state index contributed by atoms with van der Waals surface area (Å²) in [4.78, 5) is 10.4. The molecule has 12 rings (SSSR count). The predicted octanol–water partition coefficient (Wildman–Crippen LogP) is 14.4. The molecule has 0 aliphatic carbocycles. The lowest BCUT2D eigenvalue weighted by molar-refractivity contribution is 1.18. The monoisotopic (exact) mass is 729 g/mol. The molecule has 0 bridgehead atoms. The van der Waals surface area contributed by atoms with E-state index in [1.54, 1.807) is 0 Å². The molecule has 0 fully saturated rings. The van der Waals surface area contributed by atoms with Crippen molar-refractivity contribution in [1.82, 2.24) is 14.4 Å². The molecule has 0 saturated heterocycles. The van der Waals surface area contributed by atoms with Crippen LogP contribution in [0.25, 0.3) is 114 Å². The molecular formula is C52H31N3S. The molecule has 0 radical (unpaired) electrons. The number of hydrogen-bond acceptors (Lipinski definition) is 3. The number of benzene rings is 8. The molecule has 0 saturated carbocycles. The summed E-state index contributed by atoms with van der Waals surface area (Å²) in [5.74, 6) is 0.707. The Balaban J connectivity index is 1.17. The van der Waals surface area contributed by atoms with Gasteiger partial charge in [-0.1, -0.05) is 146 Å². The van der Waals surface area contributed by atoms with Crippen molar-refractivity contribution in [3.63, 3.8) is 0 Å². The van der Waals surface area contributed by atoms with Crippen molar-refractivity contribution in [3.8, 4) is 45.0 Å². The van der Waals surface area contributed by atoms with Gasteiger partial charge >= 0.3 is 0 Å². The Morgan fingerprint density at radius 3 is 1.68 bits per heavy atom. The molecule has 4 aromatic heterocycles. The van der Waals surface area contributed by atoms with E-state index >= 15 is 0 Å². The number of para-hydroxylation sites is 1. The van der Waals surface area contributed by atoms with Gasteiger partial charge in [0.05, 0.1) is 27.9 Å². The Hall–Kier alpha value is -7.14. The van der Waals surface area contributed by atoms with Gasteiger partial charge in [0, 0.05) is 53.0 Å². The van der Waals surface area contributed by atoms with Crippen LogP contribution in [0.5, 0.6) is 0 Å². The van der Waals surface area contributed by atoms with E-state index in [4.69, 9.17) is 9.97 Å². The van der Waals surface area contributed by atoms with E-state index in [0.29, 0.717) is 5.82 Å². The van der Waals surface area contributed by atoms with Crippen molar-refractivity contribution in [1.29, 1.82) is 0 Å². The zero-order valence-corrected chi connectivity index (χ0v) is 31.0. The molecule has 0 aliphatic heterocycles. The highest BCUT2D eigenvalue weighted by molar-refractivity contribution is 7.26. The first kappa shape index (κ1) is 31.2. The predicted molar refractivity (Wildman–Crippen MR) is 238 cm³/mol. The maximum Gasteiger partial charge on any atom is 0.160 e. The Morgan fingerprint density at radius 1 is 0.339 bits per heavy atom. The zero-order valence-electron chi connectivity index (χ0n) is 30.1. The Labute approximate surface area is 326 Å². The molecule has 8 aromatic carbocycles. The summed E-state index contributed by atoms with van der Waals surface area (Å²) in [6.07, 6.45) is 0. The molecule has 3 nitrogen and oxygen atoms in total. The summed E-state index contributed by atoms with van der Waals surface area (Å²) in [5, 5.41) is 10.1. The van der Waals surface area contributed by atoms with Crippen LogP contribution >= 0.6 is 11.3 Å². The van der Waals surface area contributed by atoms with Crippen molar-refractivity contribution in [2.75, 3.05) is 0 Å². The van der Waals surface area contributed by atoms with Crippen molar-refractivity contribution in [2.24, 2.45) is 0 Å². The molecule has 0 aliphatic rings. The average molecular weight is 730 g/mol. The summed E-state index contributed by atoms with van der Waals surface area (Å²) in [6, 6.07) is 67.8. The Morgan fingerprint density at radius 2 is 0.893 bits per heavy atom. The van der Waals surface area contributed by atoms with Crippen LogP contribution < -0.4 is 0 Å². The highest BCUT2D eigenvalue weighted by Gasteiger charge is 2.19. The van der Waals surface area contributed by atoms with E-state index < -0.39 is 0 Å². The van der Waals surface area contributed by atoms with Crippen LogP contribution in [0.1, 0.15) is 0 Å². The second-order valence-electron chi connectivity index (χ2n) is 14.5. The molecule has 4 heteroatoms. The van der Waals surface area contributed by atoms with Gasteiger partial charge in [-0.15, -0.1) is 11.3 Å². The molecular weight excluding hydrogens is 699 g/mol. The highest BCUT2D eigenvalue weighted by Crippen LogP contribution is 2.44. The molecule has 12 aromatic rings. The minimum absolute atomic E-state index is 0.707. The van der Waals surface area contributed by atoms with Crippen LogP contribution in [0.2, 0.25) is 0 Å². The van der Waals surface area contributed by atoms with Gasteiger partial charge in [-0.05, 0) is 69.8 Å². The number of hydrogen-bond donors (Lipinski definition) is 0. The number of thiophene rings is 1.